The third-order valence-electron chi connectivity index (χ3n) is 7.11. The number of H-pyrrole nitrogens is 1. The van der Waals surface area contributed by atoms with Gasteiger partial charge in [-0.25, -0.2) is 23.0 Å². The lowest BCUT2D eigenvalue weighted by Gasteiger charge is -2.19. The lowest BCUT2D eigenvalue weighted by Crippen LogP contribution is -2.37. The fourth-order valence-corrected chi connectivity index (χ4v) is 7.33. The summed E-state index contributed by atoms with van der Waals surface area (Å²) in [5, 5.41) is 21.6. The SMILES string of the molecule is Nc1nc2c(c(=O)[nH]1)[n+](Cc1ccc(-c3ccccc3)cc1)cn2C1OC(COP(=O)(O)OP(=O)(O)n2ccnc2)[C@H](O)[C@@H]1O. The van der Waals surface area contributed by atoms with Gasteiger partial charge in [0.2, 0.25) is 18.5 Å². The van der Waals surface area contributed by atoms with Crippen molar-refractivity contribution in [1.29, 1.82) is 0 Å². The largest absolute Gasteiger partial charge is 0.480 e. The Hall–Kier alpha value is -4.02. The van der Waals surface area contributed by atoms with Crippen molar-refractivity contribution in [2.45, 2.75) is 31.1 Å². The Morgan fingerprint density at radius 3 is 2.44 bits per heavy atom. The van der Waals surface area contributed by atoms with Crippen LogP contribution < -0.4 is 15.9 Å². The molecule has 0 amide bonds. The fourth-order valence-electron chi connectivity index (χ4n) is 4.98. The predicted octanol–water partition coefficient (Wildman–Crippen LogP) is 0.908. The van der Waals surface area contributed by atoms with Gasteiger partial charge in [-0.1, -0.05) is 54.6 Å². The van der Waals surface area contributed by atoms with Gasteiger partial charge in [0.1, 0.15) is 31.2 Å². The number of benzene rings is 2. The highest BCUT2D eigenvalue weighted by molar-refractivity contribution is 7.63. The summed E-state index contributed by atoms with van der Waals surface area (Å²) in [7, 11) is -10.0. The molecule has 17 nitrogen and oxygen atoms in total. The van der Waals surface area contributed by atoms with Gasteiger partial charge in [0.15, 0.2) is 0 Å². The molecule has 0 spiro atoms. The van der Waals surface area contributed by atoms with Gasteiger partial charge in [-0.2, -0.15) is 13.9 Å². The number of nitrogens with one attached hydrogen (secondary N) is 1. The van der Waals surface area contributed by atoms with Gasteiger partial charge in [-0.05, 0) is 16.7 Å². The zero-order valence-electron chi connectivity index (χ0n) is 23.2. The molecule has 19 heteroatoms. The van der Waals surface area contributed by atoms with Crippen LogP contribution in [0.1, 0.15) is 11.8 Å². The van der Waals surface area contributed by atoms with Crippen molar-refractivity contribution in [1.82, 2.24) is 23.9 Å². The minimum absolute atomic E-state index is 0.0349. The van der Waals surface area contributed by atoms with Crippen LogP contribution in [0.4, 0.5) is 5.95 Å². The molecule has 6 atom stereocenters. The average Bonchev–Trinajstić information content (AvgIpc) is 3.73. The highest BCUT2D eigenvalue weighted by Crippen LogP contribution is 2.60. The van der Waals surface area contributed by atoms with E-state index in [0.29, 0.717) is 4.34 Å². The number of phosphoric acid groups is 1. The number of hydrogen-bond donors (Lipinski definition) is 6. The van der Waals surface area contributed by atoms with Crippen LogP contribution in [0.5, 0.6) is 0 Å². The first-order valence-electron chi connectivity index (χ1n) is 13.4. The Morgan fingerprint density at radius 1 is 1.04 bits per heavy atom. The summed E-state index contributed by atoms with van der Waals surface area (Å²) in [6, 6.07) is 17.5. The summed E-state index contributed by atoms with van der Waals surface area (Å²) in [6.45, 7) is -0.607. The van der Waals surface area contributed by atoms with Crippen molar-refractivity contribution in [3.63, 3.8) is 0 Å². The maximum absolute atomic E-state index is 13.0. The Morgan fingerprint density at radius 2 is 1.76 bits per heavy atom. The van der Waals surface area contributed by atoms with Gasteiger partial charge in [-0.3, -0.25) is 14.3 Å². The maximum atomic E-state index is 13.0. The number of rotatable bonds is 10. The maximum Gasteiger partial charge on any atom is 0.480 e. The average molecular weight is 660 g/mol. The molecule has 0 aliphatic carbocycles. The molecule has 1 aliphatic heterocycles. The molecule has 1 aliphatic rings. The number of aromatic amines is 1. The van der Waals surface area contributed by atoms with Crippen molar-refractivity contribution in [2.24, 2.45) is 0 Å². The van der Waals surface area contributed by atoms with Crippen LogP contribution in [0.2, 0.25) is 0 Å². The van der Waals surface area contributed by atoms with E-state index < -0.39 is 52.3 Å². The number of nitrogen functional groups attached to an aromatic ring is 1. The lowest BCUT2D eigenvalue weighted by molar-refractivity contribution is -0.664. The number of ether oxygens (including phenoxy) is 1. The van der Waals surface area contributed by atoms with Crippen LogP contribution in [0.3, 0.4) is 0 Å². The third-order valence-corrected chi connectivity index (χ3v) is 10.1. The van der Waals surface area contributed by atoms with E-state index in [9.17, 15) is 33.9 Å². The summed E-state index contributed by atoms with van der Waals surface area (Å²) < 4.78 is 43.2. The Kier molecular flexibility index (Phi) is 8.30. The van der Waals surface area contributed by atoms with Crippen LogP contribution in [0.15, 0.2) is 84.4 Å². The molecule has 7 N–H and O–H groups in total. The molecular weight excluding hydrogens is 632 g/mol. The molecule has 236 valence electrons. The first-order chi connectivity index (χ1) is 21.4. The zero-order valence-corrected chi connectivity index (χ0v) is 25.0. The molecule has 1 saturated heterocycles. The zero-order chi connectivity index (χ0) is 31.9. The molecule has 5 aromatic rings. The van der Waals surface area contributed by atoms with Crippen LogP contribution in [-0.4, -0.2) is 68.8 Å². The van der Waals surface area contributed by atoms with Gasteiger partial charge >= 0.3 is 21.1 Å². The minimum atomic E-state index is -5.18. The second kappa shape index (κ2) is 12.1. The van der Waals surface area contributed by atoms with E-state index in [-0.39, 0.29) is 23.7 Å². The first-order valence-corrected chi connectivity index (χ1v) is 16.4. The van der Waals surface area contributed by atoms with E-state index in [1.54, 1.807) is 4.57 Å². The predicted molar refractivity (Wildman–Crippen MR) is 156 cm³/mol. The number of aliphatic hydroxyl groups is 2. The second-order valence-electron chi connectivity index (χ2n) is 10.2. The van der Waals surface area contributed by atoms with Gasteiger partial charge < -0.3 is 30.5 Å². The number of hydrogen-bond acceptors (Lipinski definition) is 11. The summed E-state index contributed by atoms with van der Waals surface area (Å²) in [6.07, 6.45) is -1.45. The summed E-state index contributed by atoms with van der Waals surface area (Å²) in [4.78, 5) is 43.3. The molecule has 3 aromatic heterocycles. The topological polar surface area (TPSA) is 241 Å². The van der Waals surface area contributed by atoms with Crippen LogP contribution in [0, 0.1) is 0 Å². The first kappa shape index (κ1) is 31.0. The smallest absolute Gasteiger partial charge is 0.387 e. The molecule has 0 bridgehead atoms. The molecule has 2 aromatic carbocycles. The van der Waals surface area contributed by atoms with E-state index in [1.807, 2.05) is 54.6 Å². The van der Waals surface area contributed by atoms with Gasteiger partial charge in [0, 0.05) is 12.4 Å². The third kappa shape index (κ3) is 6.39. The lowest BCUT2D eigenvalue weighted by atomic mass is 10.0. The number of phosphoric ester groups is 1. The van der Waals surface area contributed by atoms with Gasteiger partial charge in [-0.15, -0.1) is 0 Å². The van der Waals surface area contributed by atoms with Crippen molar-refractivity contribution < 1.29 is 47.3 Å². The van der Waals surface area contributed by atoms with E-state index in [0.717, 1.165) is 35.4 Å². The standard InChI is InChI=1S/C26H27N7O10P2/c27-26-29-23-20(24(36)30-26)31(12-16-6-8-18(9-7-16)17-4-2-1-3-5-17)15-33(23)25-22(35)21(34)19(42-25)13-41-45(39,40)43-44(37,38)32-11-10-28-14-32/h1-11,14-15,19,21-22,25,34-35H,12-13H2,(H4-,27,29,30,36,37,38,39,40)/p+1/t19?,21-,22-,25?/m0/s1. The Labute approximate surface area is 253 Å². The Balaban J connectivity index is 1.23. The van der Waals surface area contributed by atoms with Crippen molar-refractivity contribution in [3.05, 3.63) is 95.6 Å². The van der Waals surface area contributed by atoms with E-state index in [4.69, 9.17) is 15.0 Å². The number of aliphatic hydroxyl groups excluding tert-OH is 2. The van der Waals surface area contributed by atoms with Crippen molar-refractivity contribution in [3.8, 4) is 11.1 Å². The van der Waals surface area contributed by atoms with Gasteiger partial charge in [0.25, 0.3) is 11.2 Å². The van der Waals surface area contributed by atoms with Crippen molar-refractivity contribution >= 4 is 32.7 Å². The van der Waals surface area contributed by atoms with E-state index in [1.165, 1.54) is 10.9 Å². The molecule has 1 fully saturated rings. The van der Waals surface area contributed by atoms with Crippen LogP contribution in [-0.2, 0) is 29.2 Å². The van der Waals surface area contributed by atoms with E-state index in [2.05, 4.69) is 19.3 Å². The summed E-state index contributed by atoms with van der Waals surface area (Å²) in [5.74, 6) is -0.205. The molecular formula is C26H28N7O10P2+. The van der Waals surface area contributed by atoms with Crippen LogP contribution >= 0.6 is 15.6 Å². The van der Waals surface area contributed by atoms with E-state index >= 15 is 0 Å². The second-order valence-corrected chi connectivity index (χ2v) is 13.5. The highest BCUT2D eigenvalue weighted by Gasteiger charge is 2.49. The number of imidazole rings is 2. The highest BCUT2D eigenvalue weighted by atomic mass is 31.3. The molecule has 0 saturated carbocycles. The number of nitrogens with zero attached hydrogens (tertiary/aromatic N) is 5. The molecule has 4 heterocycles. The minimum Gasteiger partial charge on any atom is -0.387 e. The fraction of sp³-hybridized carbons (Fsp3) is 0.231. The molecule has 45 heavy (non-hydrogen) atoms. The number of fused-ring (bicyclic) bond motifs is 1. The normalized spacial score (nSPS) is 22.8. The van der Waals surface area contributed by atoms with Crippen molar-refractivity contribution in [2.75, 3.05) is 12.3 Å². The molecule has 6 rings (SSSR count). The molecule has 4 unspecified atom stereocenters. The Bertz CT molecular complexity index is 1970. The summed E-state index contributed by atoms with van der Waals surface area (Å²) in [5.41, 5.74) is 8.28. The summed E-state index contributed by atoms with van der Waals surface area (Å²) >= 11 is 0. The van der Waals surface area contributed by atoms with Gasteiger partial charge in [0.05, 0.1) is 6.61 Å². The quantitative estimate of drug-likeness (QED) is 0.0903. The number of aromatic nitrogens is 6. The molecule has 0 radical (unpaired) electrons. The number of nitrogens with two attached hydrogens (primary N) is 1. The monoisotopic (exact) mass is 660 g/mol. The van der Waals surface area contributed by atoms with Crippen LogP contribution in [0.25, 0.3) is 22.3 Å². The number of anilines is 1.